The number of hydrogen-bond acceptors (Lipinski definition) is 1. The van der Waals surface area contributed by atoms with Gasteiger partial charge in [-0.3, -0.25) is 0 Å². The van der Waals surface area contributed by atoms with Crippen molar-refractivity contribution < 1.29 is 0 Å². The van der Waals surface area contributed by atoms with Crippen LogP contribution in [0.1, 0.15) is 26.3 Å². The highest BCUT2D eigenvalue weighted by molar-refractivity contribution is 9.10. The second-order valence-electron chi connectivity index (χ2n) is 2.84. The molecule has 2 heteroatoms. The topological polar surface area (TPSA) is 12.0 Å². The van der Waals surface area contributed by atoms with Gasteiger partial charge in [0.25, 0.3) is 0 Å². The molecule has 0 heterocycles. The minimum atomic E-state index is 1.06. The summed E-state index contributed by atoms with van der Waals surface area (Å²) in [6.07, 6.45) is 0. The van der Waals surface area contributed by atoms with Gasteiger partial charge in [0, 0.05) is 10.0 Å². The fourth-order valence-corrected chi connectivity index (χ4v) is 1.19. The van der Waals surface area contributed by atoms with E-state index in [9.17, 15) is 0 Å². The maximum atomic E-state index is 3.35. The second kappa shape index (κ2) is 9.76. The molecule has 0 aliphatic heterocycles. The van der Waals surface area contributed by atoms with E-state index in [0.29, 0.717) is 0 Å². The molecule has 0 spiro atoms. The molecule has 1 nitrogen and oxygen atoms in total. The summed E-state index contributed by atoms with van der Waals surface area (Å²) in [7, 11) is 0. The summed E-state index contributed by atoms with van der Waals surface area (Å²) < 4.78 is 1.09. The first-order chi connectivity index (χ1) is 7.24. The van der Waals surface area contributed by atoms with Gasteiger partial charge in [-0.2, -0.15) is 0 Å². The van der Waals surface area contributed by atoms with Gasteiger partial charge in [0.1, 0.15) is 0 Å². The smallest absolute Gasteiger partial charge is 0.0245 e. The molecular weight excluding hydrogens is 250 g/mol. The third kappa shape index (κ3) is 8.23. The van der Waals surface area contributed by atoms with Gasteiger partial charge in [-0.25, -0.2) is 0 Å². The molecule has 1 aromatic rings. The molecule has 82 valence electrons. The van der Waals surface area contributed by atoms with E-state index < -0.39 is 0 Å². The van der Waals surface area contributed by atoms with E-state index in [1.54, 1.807) is 0 Å². The minimum Gasteiger partial charge on any atom is -0.317 e. The highest BCUT2D eigenvalue weighted by Crippen LogP contribution is 2.09. The highest BCUT2D eigenvalue weighted by Gasteiger charge is 1.84. The van der Waals surface area contributed by atoms with Crippen LogP contribution in [0.15, 0.2) is 28.7 Å². The standard InChI is InChI=1S/C9H7Br.C4H11N/c1-2-3-8-4-6-9(10)7-5-8;1-3-5-4-2/h4-7H,1H3;5H,3-4H2,1-2H3. The number of benzene rings is 1. The zero-order valence-corrected chi connectivity index (χ0v) is 11.2. The Morgan fingerprint density at radius 2 is 1.67 bits per heavy atom. The summed E-state index contributed by atoms with van der Waals surface area (Å²) in [4.78, 5) is 0. The average Bonchev–Trinajstić information content (AvgIpc) is 2.24. The van der Waals surface area contributed by atoms with Gasteiger partial charge in [0.2, 0.25) is 0 Å². The molecule has 1 aromatic carbocycles. The Labute approximate surface area is 101 Å². The predicted molar refractivity (Wildman–Crippen MR) is 70.9 cm³/mol. The molecule has 0 fully saturated rings. The van der Waals surface area contributed by atoms with E-state index in [0.717, 1.165) is 23.1 Å². The quantitative estimate of drug-likeness (QED) is 0.810. The molecular formula is C13H18BrN. The van der Waals surface area contributed by atoms with Crippen LogP contribution < -0.4 is 5.32 Å². The molecule has 15 heavy (non-hydrogen) atoms. The van der Waals surface area contributed by atoms with E-state index >= 15 is 0 Å². The van der Waals surface area contributed by atoms with Crippen molar-refractivity contribution in [1.29, 1.82) is 0 Å². The largest absolute Gasteiger partial charge is 0.317 e. The summed E-state index contributed by atoms with van der Waals surface area (Å²) in [5, 5.41) is 3.11. The molecule has 1 N–H and O–H groups in total. The Morgan fingerprint density at radius 3 is 2.00 bits per heavy atom. The normalized spacial score (nSPS) is 8.27. The van der Waals surface area contributed by atoms with Crippen LogP contribution in [0.2, 0.25) is 0 Å². The average molecular weight is 268 g/mol. The lowest BCUT2D eigenvalue weighted by Gasteiger charge is -1.88. The zero-order chi connectivity index (χ0) is 11.5. The Morgan fingerprint density at radius 1 is 1.13 bits per heavy atom. The monoisotopic (exact) mass is 267 g/mol. The molecule has 0 atom stereocenters. The summed E-state index contributed by atoms with van der Waals surface area (Å²) in [6, 6.07) is 7.94. The zero-order valence-electron chi connectivity index (χ0n) is 9.60. The van der Waals surface area contributed by atoms with E-state index in [1.165, 1.54) is 0 Å². The maximum absolute atomic E-state index is 3.35. The number of hydrogen-bond donors (Lipinski definition) is 1. The number of nitrogens with one attached hydrogen (secondary N) is 1. The minimum absolute atomic E-state index is 1.06. The summed E-state index contributed by atoms with van der Waals surface area (Å²) in [5.41, 5.74) is 1.06. The lowest BCUT2D eigenvalue weighted by molar-refractivity contribution is 0.762. The van der Waals surface area contributed by atoms with Crippen LogP contribution in [-0.2, 0) is 0 Å². The van der Waals surface area contributed by atoms with E-state index in [-0.39, 0.29) is 0 Å². The van der Waals surface area contributed by atoms with Gasteiger partial charge in [-0.1, -0.05) is 35.7 Å². The van der Waals surface area contributed by atoms with Crippen LogP contribution in [0.3, 0.4) is 0 Å². The molecule has 0 aromatic heterocycles. The van der Waals surface area contributed by atoms with E-state index in [1.807, 2.05) is 31.2 Å². The molecule has 0 aliphatic rings. The van der Waals surface area contributed by atoms with Crippen LogP contribution >= 0.6 is 15.9 Å². The lowest BCUT2D eigenvalue weighted by atomic mass is 10.2. The first kappa shape index (κ1) is 14.2. The van der Waals surface area contributed by atoms with Crippen molar-refractivity contribution in [2.75, 3.05) is 13.1 Å². The van der Waals surface area contributed by atoms with E-state index in [4.69, 9.17) is 0 Å². The van der Waals surface area contributed by atoms with Crippen LogP contribution in [0, 0.1) is 11.8 Å². The fourth-order valence-electron chi connectivity index (χ4n) is 0.928. The van der Waals surface area contributed by atoms with Crippen molar-refractivity contribution in [3.8, 4) is 11.8 Å². The van der Waals surface area contributed by atoms with Crippen molar-refractivity contribution in [1.82, 2.24) is 5.32 Å². The van der Waals surface area contributed by atoms with Gasteiger partial charge >= 0.3 is 0 Å². The SMILES string of the molecule is CC#Cc1ccc(Br)cc1.CCNCC. The van der Waals surface area contributed by atoms with Gasteiger partial charge in [-0.05, 0) is 44.3 Å². The van der Waals surface area contributed by atoms with Crippen molar-refractivity contribution >= 4 is 15.9 Å². The van der Waals surface area contributed by atoms with Crippen LogP contribution in [0.25, 0.3) is 0 Å². The summed E-state index contributed by atoms with van der Waals surface area (Å²) in [6.45, 7) is 8.22. The molecule has 0 saturated carbocycles. The molecule has 0 radical (unpaired) electrons. The van der Waals surface area contributed by atoms with Gasteiger partial charge in [0.05, 0.1) is 0 Å². The van der Waals surface area contributed by atoms with E-state index in [2.05, 4.69) is 46.9 Å². The molecule has 0 saturated heterocycles. The van der Waals surface area contributed by atoms with Crippen molar-refractivity contribution in [3.05, 3.63) is 34.3 Å². The third-order valence-electron chi connectivity index (χ3n) is 1.61. The molecule has 0 unspecified atom stereocenters. The maximum Gasteiger partial charge on any atom is 0.0245 e. The molecule has 0 amide bonds. The highest BCUT2D eigenvalue weighted by atomic mass is 79.9. The number of rotatable bonds is 2. The fraction of sp³-hybridized carbons (Fsp3) is 0.385. The van der Waals surface area contributed by atoms with Crippen LogP contribution in [0.4, 0.5) is 0 Å². The number of halogens is 1. The Bertz CT molecular complexity index is 304. The van der Waals surface area contributed by atoms with Crippen LogP contribution in [-0.4, -0.2) is 13.1 Å². The Balaban J connectivity index is 0.000000336. The molecule has 0 aliphatic carbocycles. The van der Waals surface area contributed by atoms with Crippen molar-refractivity contribution in [3.63, 3.8) is 0 Å². The predicted octanol–water partition coefficient (Wildman–Crippen LogP) is 3.44. The Hall–Kier alpha value is -0.780. The third-order valence-corrected chi connectivity index (χ3v) is 2.14. The summed E-state index contributed by atoms with van der Waals surface area (Å²) >= 11 is 3.35. The second-order valence-corrected chi connectivity index (χ2v) is 3.75. The van der Waals surface area contributed by atoms with Gasteiger partial charge < -0.3 is 5.32 Å². The van der Waals surface area contributed by atoms with Crippen molar-refractivity contribution in [2.24, 2.45) is 0 Å². The molecule has 1 rings (SSSR count). The van der Waals surface area contributed by atoms with Gasteiger partial charge in [0.15, 0.2) is 0 Å². The summed E-state index contributed by atoms with van der Waals surface area (Å²) in [5.74, 6) is 5.80. The lowest BCUT2D eigenvalue weighted by Crippen LogP contribution is -2.09. The van der Waals surface area contributed by atoms with Crippen LogP contribution in [0.5, 0.6) is 0 Å². The first-order valence-electron chi connectivity index (χ1n) is 5.13. The Kier molecular flexibility index (Phi) is 9.26. The van der Waals surface area contributed by atoms with Crippen molar-refractivity contribution in [2.45, 2.75) is 20.8 Å². The first-order valence-corrected chi connectivity index (χ1v) is 5.92. The molecule has 0 bridgehead atoms. The van der Waals surface area contributed by atoms with Gasteiger partial charge in [-0.15, -0.1) is 5.92 Å².